The molecular formula is C44H74O6. The van der Waals surface area contributed by atoms with Gasteiger partial charge in [0.1, 0.15) is 5.78 Å². The summed E-state index contributed by atoms with van der Waals surface area (Å²) in [5.41, 5.74) is -0.519. The Bertz CT molecular complexity index is 1200. The van der Waals surface area contributed by atoms with E-state index in [9.17, 15) is 20.1 Å². The summed E-state index contributed by atoms with van der Waals surface area (Å²) in [6.07, 6.45) is 21.3. The number of aliphatic hydroxyl groups excluding tert-OH is 1. The van der Waals surface area contributed by atoms with Crippen LogP contribution in [0.4, 0.5) is 0 Å². The Hall–Kier alpha value is -0.530. The van der Waals surface area contributed by atoms with Crippen LogP contribution in [0.25, 0.3) is 0 Å². The second-order valence-corrected chi connectivity index (χ2v) is 20.4. The van der Waals surface area contributed by atoms with Crippen LogP contribution in [0.15, 0.2) is 0 Å². The number of ketones is 1. The summed E-state index contributed by atoms with van der Waals surface area (Å²) in [5, 5.41) is 32.0. The van der Waals surface area contributed by atoms with Crippen molar-refractivity contribution in [2.24, 2.45) is 81.8 Å². The molecule has 6 heteroatoms. The highest BCUT2D eigenvalue weighted by Gasteiger charge is 2.60. The molecule has 1 unspecified atom stereocenters. The topological polar surface area (TPSA) is 96.2 Å². The molecule has 8 rings (SSSR count). The number of fused-ring (bicyclic) bond motifs is 10. The van der Waals surface area contributed by atoms with E-state index in [0.717, 1.165) is 79.4 Å². The van der Waals surface area contributed by atoms with Crippen LogP contribution < -0.4 is 0 Å². The van der Waals surface area contributed by atoms with Gasteiger partial charge < -0.3 is 24.8 Å². The molecule has 0 aliphatic heterocycles. The number of rotatable bonds is 6. The number of carbonyl (C=O) groups excluding carboxylic acids is 1. The fourth-order valence-corrected chi connectivity index (χ4v) is 16.2. The minimum atomic E-state index is -0.584. The predicted octanol–water partition coefficient (Wildman–Crippen LogP) is 8.24. The average molecular weight is 699 g/mol. The molecule has 0 bridgehead atoms. The van der Waals surface area contributed by atoms with Gasteiger partial charge in [-0.3, -0.25) is 4.79 Å². The quantitative estimate of drug-likeness (QED) is 0.259. The van der Waals surface area contributed by atoms with Crippen molar-refractivity contribution in [3.63, 3.8) is 0 Å². The van der Waals surface area contributed by atoms with E-state index in [1.54, 1.807) is 14.2 Å². The van der Waals surface area contributed by atoms with Crippen molar-refractivity contribution in [3.05, 3.63) is 0 Å². The normalized spacial score (nSPS) is 52.9. The van der Waals surface area contributed by atoms with Gasteiger partial charge in [-0.1, -0.05) is 13.8 Å². The van der Waals surface area contributed by atoms with E-state index in [4.69, 9.17) is 9.47 Å². The average Bonchev–Trinajstić information content (AvgIpc) is 3.61. The lowest BCUT2D eigenvalue weighted by Crippen LogP contribution is -2.52. The molecule has 0 aromatic rings. The molecule has 0 saturated heterocycles. The van der Waals surface area contributed by atoms with Crippen molar-refractivity contribution in [1.29, 1.82) is 0 Å². The molecule has 0 aromatic carbocycles. The number of Topliss-reactive ketones (excluding diaryl/α,β-unsaturated/α-hetero) is 1. The van der Waals surface area contributed by atoms with E-state index < -0.39 is 11.2 Å². The molecule has 8 aliphatic carbocycles. The molecule has 0 heterocycles. The Morgan fingerprint density at radius 1 is 0.620 bits per heavy atom. The van der Waals surface area contributed by atoms with Crippen LogP contribution in [0.5, 0.6) is 0 Å². The summed E-state index contributed by atoms with van der Waals surface area (Å²) < 4.78 is 10.6. The summed E-state index contributed by atoms with van der Waals surface area (Å²) in [6.45, 7) is 9.74. The van der Waals surface area contributed by atoms with Gasteiger partial charge in [-0.2, -0.15) is 0 Å². The molecule has 0 radical (unpaired) electrons. The number of hydrogen-bond donors (Lipinski definition) is 3. The number of carbonyl (C=O) groups is 1. The molecular weight excluding hydrogens is 624 g/mol. The van der Waals surface area contributed by atoms with Crippen molar-refractivity contribution in [1.82, 2.24) is 0 Å². The molecule has 8 saturated carbocycles. The third-order valence-electron chi connectivity index (χ3n) is 18.2. The summed E-state index contributed by atoms with van der Waals surface area (Å²) in [7, 11) is 3.41. The first kappa shape index (κ1) is 37.8. The van der Waals surface area contributed by atoms with E-state index in [1.807, 2.05) is 13.8 Å². The van der Waals surface area contributed by atoms with Gasteiger partial charge in [0.15, 0.2) is 0 Å². The van der Waals surface area contributed by atoms with Gasteiger partial charge in [0.05, 0.1) is 30.5 Å². The van der Waals surface area contributed by atoms with E-state index in [0.29, 0.717) is 48.1 Å². The number of aliphatic hydroxyl groups is 3. The van der Waals surface area contributed by atoms with Crippen LogP contribution >= 0.6 is 0 Å². The Labute approximate surface area is 304 Å². The predicted molar refractivity (Wildman–Crippen MR) is 197 cm³/mol. The Morgan fingerprint density at radius 3 is 1.56 bits per heavy atom. The third-order valence-corrected chi connectivity index (χ3v) is 18.2. The lowest BCUT2D eigenvalue weighted by atomic mass is 9.49. The second-order valence-electron chi connectivity index (χ2n) is 20.4. The van der Waals surface area contributed by atoms with E-state index in [1.165, 1.54) is 83.5 Å². The van der Waals surface area contributed by atoms with Crippen LogP contribution in [0.1, 0.15) is 143 Å². The molecule has 6 nitrogen and oxygen atoms in total. The summed E-state index contributed by atoms with van der Waals surface area (Å²) in [5.74, 6) is 9.28. The smallest absolute Gasteiger partial charge is 0.133 e. The van der Waals surface area contributed by atoms with Gasteiger partial charge in [-0.15, -0.1) is 0 Å². The molecule has 3 N–H and O–H groups in total. The van der Waals surface area contributed by atoms with Crippen molar-refractivity contribution in [2.45, 2.75) is 161 Å². The Kier molecular flexibility index (Phi) is 10.8. The Morgan fingerprint density at radius 2 is 1.08 bits per heavy atom. The largest absolute Gasteiger partial charge is 0.393 e. The SMILES string of the molecule is COC[C@]1(O)CC[C@H]2[C@H](CC[C@@H]3[C@@H]2CC[C@]2(C)[C@@H](C(C)=O)CC[C@@H]32)C1.COC[C@]1(O)CC[C@H]2[C@H](CC[C@@H]3[C@@H]2CC[C@]2(C)[C@@H](C(C)O)CC[C@@H]32)C1. The van der Waals surface area contributed by atoms with Crippen molar-refractivity contribution in [2.75, 3.05) is 27.4 Å². The third kappa shape index (κ3) is 6.51. The van der Waals surface area contributed by atoms with Crippen LogP contribution in [0.3, 0.4) is 0 Å². The minimum Gasteiger partial charge on any atom is -0.393 e. The second kappa shape index (κ2) is 14.3. The fraction of sp³-hybridized carbons (Fsp3) is 0.977. The monoisotopic (exact) mass is 699 g/mol. The molecule has 0 amide bonds. The highest BCUT2D eigenvalue weighted by molar-refractivity contribution is 5.79. The maximum absolute atomic E-state index is 12.2. The van der Waals surface area contributed by atoms with Crippen LogP contribution in [0, 0.1) is 81.8 Å². The van der Waals surface area contributed by atoms with Gasteiger partial charge >= 0.3 is 0 Å². The van der Waals surface area contributed by atoms with Crippen molar-refractivity contribution in [3.8, 4) is 0 Å². The number of hydrogen-bond acceptors (Lipinski definition) is 6. The number of ether oxygens (including phenoxy) is 2. The molecule has 0 spiro atoms. The zero-order valence-electron chi connectivity index (χ0n) is 32.7. The van der Waals surface area contributed by atoms with Crippen LogP contribution in [-0.4, -0.2) is 65.8 Å². The van der Waals surface area contributed by atoms with Crippen molar-refractivity contribution >= 4 is 5.78 Å². The van der Waals surface area contributed by atoms with Gasteiger partial charge in [-0.05, 0) is 205 Å². The molecule has 17 atom stereocenters. The summed E-state index contributed by atoms with van der Waals surface area (Å²) in [4.78, 5) is 12.2. The first-order valence-electron chi connectivity index (χ1n) is 21.4. The van der Waals surface area contributed by atoms with Gasteiger partial charge in [0.25, 0.3) is 0 Å². The van der Waals surface area contributed by atoms with Crippen LogP contribution in [-0.2, 0) is 14.3 Å². The van der Waals surface area contributed by atoms with Gasteiger partial charge in [0, 0.05) is 20.1 Å². The first-order chi connectivity index (χ1) is 23.8. The highest BCUT2D eigenvalue weighted by Crippen LogP contribution is 2.66. The zero-order valence-corrected chi connectivity index (χ0v) is 32.7. The first-order valence-corrected chi connectivity index (χ1v) is 21.4. The molecule has 8 aliphatic rings. The summed E-state index contributed by atoms with van der Waals surface area (Å²) >= 11 is 0. The lowest BCUT2D eigenvalue weighted by molar-refractivity contribution is -0.134. The van der Waals surface area contributed by atoms with E-state index in [-0.39, 0.29) is 11.5 Å². The maximum atomic E-state index is 12.2. The van der Waals surface area contributed by atoms with Crippen molar-refractivity contribution < 1.29 is 29.6 Å². The van der Waals surface area contributed by atoms with E-state index in [2.05, 4.69) is 13.8 Å². The molecule has 0 aromatic heterocycles. The van der Waals surface area contributed by atoms with Gasteiger partial charge in [0.2, 0.25) is 0 Å². The Balaban J connectivity index is 0.000000157. The standard InChI is InChI=1S/C22H38O3.C22H36O3/c2*1-14(23)19-6-7-20-18-5-4-15-12-22(24,13-25-3)11-9-16(15)17(18)8-10-21(19,20)2/h14-20,23-24H,4-13H2,1-3H3;15-20,24H,4-13H2,1-3H3/t14?,15-,16+,17-,18-,19-,20+,21-,22+;15-,16+,17-,18-,19-,20+,21-,22+/m11/s1. The fourth-order valence-electron chi connectivity index (χ4n) is 16.2. The van der Waals surface area contributed by atoms with E-state index >= 15 is 0 Å². The maximum Gasteiger partial charge on any atom is 0.133 e. The molecule has 50 heavy (non-hydrogen) atoms. The zero-order chi connectivity index (χ0) is 35.6. The highest BCUT2D eigenvalue weighted by atomic mass is 16.5. The molecule has 8 fully saturated rings. The van der Waals surface area contributed by atoms with Gasteiger partial charge in [-0.25, -0.2) is 0 Å². The number of methoxy groups -OCH3 is 2. The lowest BCUT2D eigenvalue weighted by Gasteiger charge is -2.57. The minimum absolute atomic E-state index is 0.151. The molecule has 286 valence electrons. The summed E-state index contributed by atoms with van der Waals surface area (Å²) in [6, 6.07) is 0. The van der Waals surface area contributed by atoms with Crippen LogP contribution in [0.2, 0.25) is 0 Å².